The van der Waals surface area contributed by atoms with Gasteiger partial charge in [-0.2, -0.15) is 0 Å². The van der Waals surface area contributed by atoms with Crippen molar-refractivity contribution in [1.82, 2.24) is 5.32 Å². The van der Waals surface area contributed by atoms with E-state index in [1.807, 2.05) is 42.5 Å². The summed E-state index contributed by atoms with van der Waals surface area (Å²) < 4.78 is 20.4. The smallest absolute Gasteiger partial charge is 0.320 e. The number of carbonyl (C=O) groups is 1. The molecule has 0 saturated heterocycles. The molecule has 0 fully saturated rings. The highest BCUT2D eigenvalue weighted by atomic mass is 79.9. The van der Waals surface area contributed by atoms with Crippen molar-refractivity contribution >= 4 is 40.3 Å². The molecule has 4 rings (SSSR count). The first-order valence-electron chi connectivity index (χ1n) is 8.34. The lowest BCUT2D eigenvalue weighted by Crippen LogP contribution is -2.33. The lowest BCUT2D eigenvalue weighted by atomic mass is 10.2. The van der Waals surface area contributed by atoms with Gasteiger partial charge in [0, 0.05) is 10.0 Å². The molecule has 2 amide bonds. The molecule has 0 bridgehead atoms. The molecule has 0 aliphatic carbocycles. The summed E-state index contributed by atoms with van der Waals surface area (Å²) in [4.78, 5) is 12.6. The number of para-hydroxylation sites is 2. The van der Waals surface area contributed by atoms with Gasteiger partial charge in [-0.1, -0.05) is 48.5 Å². The van der Waals surface area contributed by atoms with Gasteiger partial charge in [-0.05, 0) is 46.3 Å². The van der Waals surface area contributed by atoms with Crippen LogP contribution in [0.4, 0.5) is 10.5 Å². The van der Waals surface area contributed by atoms with Gasteiger partial charge in [0.1, 0.15) is 5.75 Å². The van der Waals surface area contributed by atoms with Crippen LogP contribution in [0.5, 0.6) is 5.75 Å². The molecule has 0 saturated carbocycles. The zero-order valence-corrected chi connectivity index (χ0v) is 16.6. The minimum atomic E-state index is -3.37. The third-order valence-corrected chi connectivity index (χ3v) is 7.56. The van der Waals surface area contributed by atoms with E-state index in [1.54, 1.807) is 36.4 Å². The maximum Gasteiger partial charge on any atom is 0.320 e. The Labute approximate surface area is 165 Å². The standard InChI is InChI=1S/C20H16BrN2O3P/c21-16-11-5-6-12-17(16)22-20(24)23-19-15-10-4-7-13-18(15)26-27(19,25)14-8-2-1-3-9-14/h1-13,19H,(H2,22,23,24)/t19-,27-/m0/s1. The molecule has 3 aromatic rings. The first-order chi connectivity index (χ1) is 13.1. The third-order valence-electron chi connectivity index (χ3n) is 4.29. The number of anilines is 1. The van der Waals surface area contributed by atoms with Crippen molar-refractivity contribution in [2.75, 3.05) is 5.32 Å². The number of urea groups is 1. The second kappa shape index (κ2) is 7.22. The molecule has 1 aliphatic heterocycles. The van der Waals surface area contributed by atoms with Crippen molar-refractivity contribution in [2.24, 2.45) is 0 Å². The van der Waals surface area contributed by atoms with Gasteiger partial charge >= 0.3 is 13.4 Å². The zero-order valence-electron chi connectivity index (χ0n) is 14.1. The van der Waals surface area contributed by atoms with Gasteiger partial charge in [-0.15, -0.1) is 0 Å². The fourth-order valence-electron chi connectivity index (χ4n) is 3.02. The van der Waals surface area contributed by atoms with Gasteiger partial charge in [0.05, 0.1) is 11.0 Å². The Morgan fingerprint density at radius 1 is 0.926 bits per heavy atom. The lowest BCUT2D eigenvalue weighted by Gasteiger charge is -2.21. The molecule has 3 aromatic carbocycles. The fourth-order valence-corrected chi connectivity index (χ4v) is 5.82. The quantitative estimate of drug-likeness (QED) is 0.543. The number of nitrogens with one attached hydrogen (secondary N) is 2. The molecule has 2 atom stereocenters. The molecule has 136 valence electrons. The van der Waals surface area contributed by atoms with Crippen LogP contribution >= 0.6 is 23.3 Å². The first-order valence-corrected chi connectivity index (χ1v) is 10.8. The maximum atomic E-state index is 13.8. The monoisotopic (exact) mass is 442 g/mol. The van der Waals surface area contributed by atoms with E-state index in [-0.39, 0.29) is 0 Å². The van der Waals surface area contributed by atoms with E-state index in [4.69, 9.17) is 4.52 Å². The van der Waals surface area contributed by atoms with Crippen LogP contribution < -0.4 is 20.5 Å². The largest absolute Gasteiger partial charge is 0.438 e. The summed E-state index contributed by atoms with van der Waals surface area (Å²) in [6.07, 6.45) is 0. The number of fused-ring (bicyclic) bond motifs is 1. The number of hydrogen-bond donors (Lipinski definition) is 2. The molecular weight excluding hydrogens is 427 g/mol. The molecule has 7 heteroatoms. The molecule has 1 aliphatic rings. The van der Waals surface area contributed by atoms with Gasteiger partial charge in [-0.3, -0.25) is 4.57 Å². The van der Waals surface area contributed by atoms with Gasteiger partial charge in [0.15, 0.2) is 5.78 Å². The minimum Gasteiger partial charge on any atom is -0.438 e. The first kappa shape index (κ1) is 17.8. The van der Waals surface area contributed by atoms with Gasteiger partial charge in [0.25, 0.3) is 0 Å². The Morgan fingerprint density at radius 3 is 2.37 bits per heavy atom. The topological polar surface area (TPSA) is 67.4 Å². The average molecular weight is 443 g/mol. The summed E-state index contributed by atoms with van der Waals surface area (Å²) in [5.74, 6) is -0.241. The van der Waals surface area contributed by atoms with Crippen LogP contribution in [0.25, 0.3) is 0 Å². The van der Waals surface area contributed by atoms with Crippen LogP contribution in [-0.2, 0) is 4.57 Å². The zero-order chi connectivity index (χ0) is 18.9. The molecular formula is C20H16BrN2O3P. The van der Waals surface area contributed by atoms with Crippen LogP contribution in [0.2, 0.25) is 0 Å². The van der Waals surface area contributed by atoms with E-state index in [0.717, 1.165) is 4.47 Å². The van der Waals surface area contributed by atoms with E-state index in [9.17, 15) is 9.36 Å². The second-order valence-electron chi connectivity index (χ2n) is 6.04. The number of benzene rings is 3. The Kier molecular flexibility index (Phi) is 4.77. The molecule has 0 spiro atoms. The van der Waals surface area contributed by atoms with E-state index in [2.05, 4.69) is 26.6 Å². The Morgan fingerprint density at radius 2 is 1.59 bits per heavy atom. The normalized spacial score (nSPS) is 20.4. The summed E-state index contributed by atoms with van der Waals surface area (Å²) in [5, 5.41) is 6.19. The summed E-state index contributed by atoms with van der Waals surface area (Å²) in [6, 6.07) is 23.0. The summed E-state index contributed by atoms with van der Waals surface area (Å²) in [7, 11) is -3.37. The molecule has 1 heterocycles. The lowest BCUT2D eigenvalue weighted by molar-refractivity contribution is 0.251. The molecule has 5 nitrogen and oxygen atoms in total. The Balaban J connectivity index is 1.66. The van der Waals surface area contributed by atoms with Crippen LogP contribution in [0.3, 0.4) is 0 Å². The number of halogens is 1. The van der Waals surface area contributed by atoms with Gasteiger partial charge < -0.3 is 15.2 Å². The number of carbonyl (C=O) groups excluding carboxylic acids is 1. The molecule has 0 radical (unpaired) electrons. The summed E-state index contributed by atoms with van der Waals surface area (Å²) in [5.41, 5.74) is 1.32. The highest BCUT2D eigenvalue weighted by molar-refractivity contribution is 9.10. The summed E-state index contributed by atoms with van der Waals surface area (Å²) in [6.45, 7) is 0. The highest BCUT2D eigenvalue weighted by Crippen LogP contribution is 2.64. The van der Waals surface area contributed by atoms with Gasteiger partial charge in [0.2, 0.25) is 0 Å². The Hall–Kier alpha value is -2.56. The highest BCUT2D eigenvalue weighted by Gasteiger charge is 2.46. The van der Waals surface area contributed by atoms with E-state index in [0.29, 0.717) is 22.3 Å². The third kappa shape index (κ3) is 3.38. The molecule has 0 aromatic heterocycles. The van der Waals surface area contributed by atoms with Crippen molar-refractivity contribution in [3.63, 3.8) is 0 Å². The minimum absolute atomic E-state index is 0.455. The van der Waals surface area contributed by atoms with Crippen molar-refractivity contribution in [3.8, 4) is 5.75 Å². The van der Waals surface area contributed by atoms with E-state index >= 15 is 0 Å². The SMILES string of the molecule is O=C(Nc1ccccc1Br)N[C@@H]1c2ccccc2O[P@@]1(=O)c1ccccc1. The molecule has 2 N–H and O–H groups in total. The van der Waals surface area contributed by atoms with Crippen molar-refractivity contribution in [2.45, 2.75) is 5.78 Å². The van der Waals surface area contributed by atoms with Crippen LogP contribution in [-0.4, -0.2) is 6.03 Å². The van der Waals surface area contributed by atoms with Crippen LogP contribution in [0.15, 0.2) is 83.3 Å². The fraction of sp³-hybridized carbons (Fsp3) is 0.0500. The molecule has 0 unspecified atom stereocenters. The number of rotatable bonds is 3. The predicted octanol–water partition coefficient (Wildman–Crippen LogP) is 5.27. The van der Waals surface area contributed by atoms with Gasteiger partial charge in [-0.25, -0.2) is 4.79 Å². The van der Waals surface area contributed by atoms with Crippen LogP contribution in [0, 0.1) is 0 Å². The Bertz CT molecular complexity index is 1040. The predicted molar refractivity (Wildman–Crippen MR) is 110 cm³/mol. The van der Waals surface area contributed by atoms with E-state index in [1.165, 1.54) is 0 Å². The maximum absolute atomic E-state index is 13.8. The van der Waals surface area contributed by atoms with Crippen molar-refractivity contribution < 1.29 is 13.9 Å². The van der Waals surface area contributed by atoms with Crippen molar-refractivity contribution in [3.05, 3.63) is 88.9 Å². The average Bonchev–Trinajstić information content (AvgIpc) is 2.97. The second-order valence-corrected chi connectivity index (χ2v) is 9.31. The molecule has 27 heavy (non-hydrogen) atoms. The number of amides is 2. The van der Waals surface area contributed by atoms with Crippen LogP contribution in [0.1, 0.15) is 11.3 Å². The van der Waals surface area contributed by atoms with Crippen molar-refractivity contribution in [1.29, 1.82) is 0 Å². The summed E-state index contributed by atoms with van der Waals surface area (Å²) >= 11 is 3.40. The number of hydrogen-bond acceptors (Lipinski definition) is 3. The van der Waals surface area contributed by atoms with E-state index < -0.39 is 19.2 Å².